The molecule has 140 valence electrons. The SMILES string of the molecule is COc1cc(C(=O)O)c(Nc2cccc(C(F)(F)F)c2)c(OC)c1OC. The zero-order valence-corrected chi connectivity index (χ0v) is 14.1. The second kappa shape index (κ2) is 7.42. The molecular formula is C17H16F3NO5. The summed E-state index contributed by atoms with van der Waals surface area (Å²) in [6.45, 7) is 0. The lowest BCUT2D eigenvalue weighted by Gasteiger charge is -2.19. The number of carboxylic acids is 1. The van der Waals surface area contributed by atoms with Crippen LogP contribution >= 0.6 is 0 Å². The van der Waals surface area contributed by atoms with Gasteiger partial charge >= 0.3 is 12.1 Å². The maximum Gasteiger partial charge on any atom is 0.416 e. The molecule has 2 aromatic rings. The third kappa shape index (κ3) is 3.76. The molecule has 0 saturated heterocycles. The first kappa shape index (κ1) is 19.2. The molecule has 0 aromatic heterocycles. The number of aromatic carboxylic acids is 1. The van der Waals surface area contributed by atoms with E-state index < -0.39 is 17.7 Å². The van der Waals surface area contributed by atoms with E-state index in [9.17, 15) is 23.1 Å². The smallest absolute Gasteiger partial charge is 0.416 e. The molecule has 2 aromatic carbocycles. The monoisotopic (exact) mass is 371 g/mol. The molecule has 2 rings (SSSR count). The lowest BCUT2D eigenvalue weighted by molar-refractivity contribution is -0.137. The number of carbonyl (C=O) groups is 1. The van der Waals surface area contributed by atoms with E-state index >= 15 is 0 Å². The molecule has 0 aliphatic heterocycles. The van der Waals surface area contributed by atoms with Crippen molar-refractivity contribution in [1.82, 2.24) is 0 Å². The van der Waals surface area contributed by atoms with Crippen molar-refractivity contribution in [2.75, 3.05) is 26.6 Å². The van der Waals surface area contributed by atoms with Crippen LogP contribution in [-0.2, 0) is 6.18 Å². The third-order valence-corrected chi connectivity index (χ3v) is 3.52. The van der Waals surface area contributed by atoms with Crippen LogP contribution in [0.2, 0.25) is 0 Å². The number of hydrogen-bond acceptors (Lipinski definition) is 5. The van der Waals surface area contributed by atoms with Gasteiger partial charge in [-0.25, -0.2) is 4.79 Å². The van der Waals surface area contributed by atoms with Crippen LogP contribution in [0.25, 0.3) is 0 Å². The van der Waals surface area contributed by atoms with E-state index in [1.54, 1.807) is 0 Å². The minimum absolute atomic E-state index is 0.0124. The highest BCUT2D eigenvalue weighted by Crippen LogP contribution is 2.46. The van der Waals surface area contributed by atoms with E-state index in [1.807, 2.05) is 0 Å². The van der Waals surface area contributed by atoms with E-state index in [-0.39, 0.29) is 34.2 Å². The van der Waals surface area contributed by atoms with Crippen molar-refractivity contribution in [1.29, 1.82) is 0 Å². The fraction of sp³-hybridized carbons (Fsp3) is 0.235. The first-order valence-electron chi connectivity index (χ1n) is 7.23. The first-order chi connectivity index (χ1) is 12.2. The summed E-state index contributed by atoms with van der Waals surface area (Å²) in [6.07, 6.45) is -4.53. The number of alkyl halides is 3. The summed E-state index contributed by atoms with van der Waals surface area (Å²) < 4.78 is 54.2. The molecule has 9 heteroatoms. The molecule has 0 spiro atoms. The van der Waals surface area contributed by atoms with Gasteiger partial charge in [0.15, 0.2) is 11.5 Å². The molecule has 0 aliphatic carbocycles. The topological polar surface area (TPSA) is 77.0 Å². The summed E-state index contributed by atoms with van der Waals surface area (Å²) in [4.78, 5) is 11.6. The number of nitrogens with one attached hydrogen (secondary N) is 1. The maximum absolute atomic E-state index is 12.9. The predicted molar refractivity (Wildman–Crippen MR) is 87.8 cm³/mol. The van der Waals surface area contributed by atoms with Crippen molar-refractivity contribution in [3.05, 3.63) is 41.5 Å². The van der Waals surface area contributed by atoms with Gasteiger partial charge in [-0.1, -0.05) is 6.07 Å². The van der Waals surface area contributed by atoms with Crippen molar-refractivity contribution in [2.45, 2.75) is 6.18 Å². The average Bonchev–Trinajstić information content (AvgIpc) is 2.60. The number of halogens is 3. The largest absolute Gasteiger partial charge is 0.493 e. The summed E-state index contributed by atoms with van der Waals surface area (Å²) in [7, 11) is 3.93. The van der Waals surface area contributed by atoms with Gasteiger partial charge < -0.3 is 24.6 Å². The molecule has 6 nitrogen and oxygen atoms in total. The van der Waals surface area contributed by atoms with Gasteiger partial charge in [-0.2, -0.15) is 13.2 Å². The maximum atomic E-state index is 12.9. The quantitative estimate of drug-likeness (QED) is 0.794. The summed E-state index contributed by atoms with van der Waals surface area (Å²) in [5.74, 6) is -1.12. The van der Waals surface area contributed by atoms with Gasteiger partial charge in [0.1, 0.15) is 5.69 Å². The van der Waals surface area contributed by atoms with Crippen LogP contribution in [0, 0.1) is 0 Å². The molecule has 0 unspecified atom stereocenters. The van der Waals surface area contributed by atoms with Crippen LogP contribution in [0.5, 0.6) is 17.2 Å². The molecular weight excluding hydrogens is 355 g/mol. The Hall–Kier alpha value is -3.10. The Labute approximate surface area is 147 Å². The van der Waals surface area contributed by atoms with Gasteiger partial charge in [-0.3, -0.25) is 0 Å². The highest BCUT2D eigenvalue weighted by molar-refractivity contribution is 5.99. The fourth-order valence-electron chi connectivity index (χ4n) is 2.37. The minimum Gasteiger partial charge on any atom is -0.493 e. The minimum atomic E-state index is -4.53. The predicted octanol–water partition coefficient (Wildman–Crippen LogP) is 4.17. The fourth-order valence-corrected chi connectivity index (χ4v) is 2.37. The van der Waals surface area contributed by atoms with E-state index in [2.05, 4.69) is 5.32 Å². The number of hydrogen-bond donors (Lipinski definition) is 2. The Kier molecular flexibility index (Phi) is 5.49. The van der Waals surface area contributed by atoms with Crippen LogP contribution in [0.4, 0.5) is 24.5 Å². The van der Waals surface area contributed by atoms with Gasteiger partial charge in [0.2, 0.25) is 5.75 Å². The van der Waals surface area contributed by atoms with Crippen molar-refractivity contribution in [2.24, 2.45) is 0 Å². The number of benzene rings is 2. The molecule has 0 atom stereocenters. The highest BCUT2D eigenvalue weighted by atomic mass is 19.4. The standard InChI is InChI=1S/C17H16F3NO5/c1-24-12-8-11(16(22)23)13(15(26-3)14(12)25-2)21-10-6-4-5-9(7-10)17(18,19)20/h4-8,21H,1-3H3,(H,22,23). The number of carboxylic acid groups (broad SMARTS) is 1. The Bertz CT molecular complexity index is 821. The second-order valence-corrected chi connectivity index (χ2v) is 5.08. The highest BCUT2D eigenvalue weighted by Gasteiger charge is 2.31. The number of ether oxygens (including phenoxy) is 3. The summed E-state index contributed by atoms with van der Waals surface area (Å²) >= 11 is 0. The van der Waals surface area contributed by atoms with Crippen molar-refractivity contribution >= 4 is 17.3 Å². The number of rotatable bonds is 6. The van der Waals surface area contributed by atoms with E-state index in [0.29, 0.717) is 0 Å². The Morgan fingerprint density at radius 1 is 1.04 bits per heavy atom. The first-order valence-corrected chi connectivity index (χ1v) is 7.23. The Morgan fingerprint density at radius 3 is 2.19 bits per heavy atom. The van der Waals surface area contributed by atoms with Crippen LogP contribution in [0.15, 0.2) is 30.3 Å². The third-order valence-electron chi connectivity index (χ3n) is 3.52. The lowest BCUT2D eigenvalue weighted by Crippen LogP contribution is -2.09. The molecule has 0 bridgehead atoms. The summed E-state index contributed by atoms with van der Waals surface area (Å²) in [6, 6.07) is 5.55. The average molecular weight is 371 g/mol. The van der Waals surface area contributed by atoms with E-state index in [4.69, 9.17) is 14.2 Å². The zero-order valence-electron chi connectivity index (χ0n) is 14.1. The summed E-state index contributed by atoms with van der Waals surface area (Å²) in [5, 5.41) is 12.1. The zero-order chi connectivity index (χ0) is 19.5. The van der Waals surface area contributed by atoms with Crippen LogP contribution in [-0.4, -0.2) is 32.4 Å². The van der Waals surface area contributed by atoms with Gasteiger partial charge in [-0.05, 0) is 18.2 Å². The second-order valence-electron chi connectivity index (χ2n) is 5.08. The van der Waals surface area contributed by atoms with Gasteiger partial charge in [-0.15, -0.1) is 0 Å². The Balaban J connectivity index is 2.63. The van der Waals surface area contributed by atoms with Gasteiger partial charge in [0.25, 0.3) is 0 Å². The van der Waals surface area contributed by atoms with Gasteiger partial charge in [0.05, 0.1) is 32.5 Å². The molecule has 0 fully saturated rings. The number of methoxy groups -OCH3 is 3. The molecule has 0 amide bonds. The number of anilines is 2. The summed E-state index contributed by atoms with van der Waals surface area (Å²) in [5.41, 5.74) is -1.15. The van der Waals surface area contributed by atoms with Crippen LogP contribution < -0.4 is 19.5 Å². The molecule has 26 heavy (non-hydrogen) atoms. The normalized spacial score (nSPS) is 11.0. The molecule has 0 heterocycles. The molecule has 0 saturated carbocycles. The van der Waals surface area contributed by atoms with Crippen LogP contribution in [0.3, 0.4) is 0 Å². The molecule has 2 N–H and O–H groups in total. The van der Waals surface area contributed by atoms with Crippen molar-refractivity contribution < 1.29 is 37.3 Å². The molecule has 0 aliphatic rings. The Morgan fingerprint density at radius 2 is 1.69 bits per heavy atom. The lowest BCUT2D eigenvalue weighted by atomic mass is 10.1. The van der Waals surface area contributed by atoms with Crippen molar-refractivity contribution in [3.63, 3.8) is 0 Å². The van der Waals surface area contributed by atoms with Crippen molar-refractivity contribution in [3.8, 4) is 17.2 Å². The molecule has 0 radical (unpaired) electrons. The van der Waals surface area contributed by atoms with E-state index in [1.165, 1.54) is 39.5 Å². The van der Waals surface area contributed by atoms with Gasteiger partial charge in [0, 0.05) is 11.8 Å². The van der Waals surface area contributed by atoms with Crippen LogP contribution in [0.1, 0.15) is 15.9 Å². The van der Waals surface area contributed by atoms with E-state index in [0.717, 1.165) is 12.1 Å².